The van der Waals surface area contributed by atoms with E-state index in [1.54, 1.807) is 39.3 Å². The standard InChI is InChI=1S/C20H24ClNO4/c1-12-10-16(6-8-18(12)21)26-14(3)20(23)22-13(2)17-11-15(24-4)7-9-19(17)25-5/h6-11,13-14H,1-5H3,(H,22,23)/t13-,14+/m0/s1. The Morgan fingerprint density at radius 3 is 2.35 bits per heavy atom. The number of benzene rings is 2. The maximum absolute atomic E-state index is 12.5. The fourth-order valence-corrected chi connectivity index (χ4v) is 2.65. The van der Waals surface area contributed by atoms with Gasteiger partial charge in [-0.3, -0.25) is 4.79 Å². The third kappa shape index (κ3) is 4.82. The highest BCUT2D eigenvalue weighted by atomic mass is 35.5. The Bertz CT molecular complexity index is 778. The van der Waals surface area contributed by atoms with Crippen molar-refractivity contribution in [3.63, 3.8) is 0 Å². The second kappa shape index (κ2) is 8.81. The lowest BCUT2D eigenvalue weighted by Crippen LogP contribution is -2.37. The zero-order chi connectivity index (χ0) is 19.3. The summed E-state index contributed by atoms with van der Waals surface area (Å²) in [7, 11) is 3.19. The molecule has 0 saturated carbocycles. The fraction of sp³-hybridized carbons (Fsp3) is 0.350. The predicted molar refractivity (Wildman–Crippen MR) is 102 cm³/mol. The summed E-state index contributed by atoms with van der Waals surface area (Å²) in [6, 6.07) is 10.5. The molecule has 0 unspecified atom stereocenters. The minimum Gasteiger partial charge on any atom is -0.497 e. The van der Waals surface area contributed by atoms with Gasteiger partial charge in [-0.1, -0.05) is 11.6 Å². The molecule has 0 aliphatic rings. The van der Waals surface area contributed by atoms with Gasteiger partial charge in [-0.2, -0.15) is 0 Å². The Labute approximate surface area is 159 Å². The lowest BCUT2D eigenvalue weighted by molar-refractivity contribution is -0.127. The summed E-state index contributed by atoms with van der Waals surface area (Å²) < 4.78 is 16.4. The molecule has 0 heterocycles. The molecule has 0 spiro atoms. The number of hydrogen-bond acceptors (Lipinski definition) is 4. The molecule has 0 aliphatic heterocycles. The minimum absolute atomic E-state index is 0.227. The van der Waals surface area contributed by atoms with Gasteiger partial charge >= 0.3 is 0 Å². The van der Waals surface area contributed by atoms with E-state index in [0.717, 1.165) is 11.1 Å². The van der Waals surface area contributed by atoms with E-state index in [0.29, 0.717) is 22.3 Å². The Morgan fingerprint density at radius 1 is 1.04 bits per heavy atom. The quantitative estimate of drug-likeness (QED) is 0.781. The number of nitrogens with one attached hydrogen (secondary N) is 1. The normalized spacial score (nSPS) is 12.8. The maximum Gasteiger partial charge on any atom is 0.261 e. The highest BCUT2D eigenvalue weighted by molar-refractivity contribution is 6.31. The van der Waals surface area contributed by atoms with Crippen LogP contribution in [0.15, 0.2) is 36.4 Å². The van der Waals surface area contributed by atoms with E-state index in [1.165, 1.54) is 0 Å². The molecule has 1 amide bonds. The SMILES string of the molecule is COc1ccc(OC)c([C@H](C)NC(=O)[C@@H](C)Oc2ccc(Cl)c(C)c2)c1. The topological polar surface area (TPSA) is 56.8 Å². The molecule has 2 atom stereocenters. The van der Waals surface area contributed by atoms with Gasteiger partial charge < -0.3 is 19.5 Å². The maximum atomic E-state index is 12.5. The molecule has 0 radical (unpaired) electrons. The summed E-state index contributed by atoms with van der Waals surface area (Å²) >= 11 is 6.01. The molecule has 2 aromatic carbocycles. The first-order valence-corrected chi connectivity index (χ1v) is 8.68. The van der Waals surface area contributed by atoms with E-state index in [1.807, 2.05) is 32.0 Å². The van der Waals surface area contributed by atoms with E-state index in [9.17, 15) is 4.79 Å². The summed E-state index contributed by atoms with van der Waals surface area (Å²) in [4.78, 5) is 12.5. The molecule has 140 valence electrons. The van der Waals surface area contributed by atoms with Crippen LogP contribution in [0.4, 0.5) is 0 Å². The molecule has 0 fully saturated rings. The van der Waals surface area contributed by atoms with Gasteiger partial charge in [0.25, 0.3) is 5.91 Å². The molecule has 26 heavy (non-hydrogen) atoms. The van der Waals surface area contributed by atoms with Crippen LogP contribution < -0.4 is 19.5 Å². The zero-order valence-corrected chi connectivity index (χ0v) is 16.4. The first-order chi connectivity index (χ1) is 12.3. The highest BCUT2D eigenvalue weighted by Gasteiger charge is 2.20. The number of ether oxygens (including phenoxy) is 3. The third-order valence-corrected chi connectivity index (χ3v) is 4.50. The van der Waals surface area contributed by atoms with E-state index in [-0.39, 0.29) is 11.9 Å². The Morgan fingerprint density at radius 2 is 1.73 bits per heavy atom. The predicted octanol–water partition coefficient (Wildman–Crippen LogP) is 4.31. The van der Waals surface area contributed by atoms with Crippen LogP contribution in [0.1, 0.15) is 31.0 Å². The molecule has 2 rings (SSSR count). The van der Waals surface area contributed by atoms with Crippen LogP contribution in [0, 0.1) is 6.92 Å². The van der Waals surface area contributed by atoms with Gasteiger partial charge in [0, 0.05) is 10.6 Å². The van der Waals surface area contributed by atoms with E-state index in [2.05, 4.69) is 5.32 Å². The van der Waals surface area contributed by atoms with Gasteiger partial charge in [0.2, 0.25) is 0 Å². The summed E-state index contributed by atoms with van der Waals surface area (Å²) in [5.74, 6) is 1.75. The van der Waals surface area contributed by atoms with Crippen molar-refractivity contribution >= 4 is 17.5 Å². The summed E-state index contributed by atoms with van der Waals surface area (Å²) in [6.07, 6.45) is -0.658. The van der Waals surface area contributed by atoms with Crippen molar-refractivity contribution in [3.05, 3.63) is 52.5 Å². The largest absolute Gasteiger partial charge is 0.497 e. The Balaban J connectivity index is 2.07. The number of amides is 1. The molecule has 0 aromatic heterocycles. The van der Waals surface area contributed by atoms with Gasteiger partial charge in [0.15, 0.2) is 6.10 Å². The van der Waals surface area contributed by atoms with E-state index >= 15 is 0 Å². The third-order valence-electron chi connectivity index (χ3n) is 4.07. The van der Waals surface area contributed by atoms with Crippen LogP contribution in [-0.2, 0) is 4.79 Å². The number of carbonyl (C=O) groups excluding carboxylic acids is 1. The molecule has 5 nitrogen and oxygen atoms in total. The van der Waals surface area contributed by atoms with Gasteiger partial charge in [-0.15, -0.1) is 0 Å². The van der Waals surface area contributed by atoms with Gasteiger partial charge in [-0.25, -0.2) is 0 Å². The van der Waals surface area contributed by atoms with Crippen LogP contribution in [0.25, 0.3) is 0 Å². The highest BCUT2D eigenvalue weighted by Crippen LogP contribution is 2.29. The average molecular weight is 378 g/mol. The van der Waals surface area contributed by atoms with Gasteiger partial charge in [0.1, 0.15) is 17.2 Å². The molecule has 0 saturated heterocycles. The smallest absolute Gasteiger partial charge is 0.261 e. The van der Waals surface area contributed by atoms with Crippen LogP contribution in [0.5, 0.6) is 17.2 Å². The molecule has 0 aliphatic carbocycles. The summed E-state index contributed by atoms with van der Waals surface area (Å²) in [6.45, 7) is 5.47. The molecular weight excluding hydrogens is 354 g/mol. The first kappa shape index (κ1) is 19.9. The average Bonchev–Trinajstić information content (AvgIpc) is 2.63. The molecule has 2 aromatic rings. The number of methoxy groups -OCH3 is 2. The van der Waals surface area contributed by atoms with E-state index in [4.69, 9.17) is 25.8 Å². The lowest BCUT2D eigenvalue weighted by atomic mass is 10.1. The zero-order valence-electron chi connectivity index (χ0n) is 15.6. The number of carbonyl (C=O) groups is 1. The van der Waals surface area contributed by atoms with E-state index < -0.39 is 6.10 Å². The molecular formula is C20H24ClNO4. The van der Waals surface area contributed by atoms with Crippen LogP contribution in [0.3, 0.4) is 0 Å². The monoisotopic (exact) mass is 377 g/mol. The summed E-state index contributed by atoms with van der Waals surface area (Å²) in [5, 5.41) is 3.60. The molecule has 6 heteroatoms. The molecule has 0 bridgehead atoms. The lowest BCUT2D eigenvalue weighted by Gasteiger charge is -2.21. The number of aryl methyl sites for hydroxylation is 1. The second-order valence-electron chi connectivity index (χ2n) is 6.01. The molecule has 1 N–H and O–H groups in total. The number of halogens is 1. The van der Waals surface area contributed by atoms with Crippen molar-refractivity contribution in [1.29, 1.82) is 0 Å². The number of hydrogen-bond donors (Lipinski definition) is 1. The number of rotatable bonds is 7. The van der Waals surface area contributed by atoms with Gasteiger partial charge in [0.05, 0.1) is 20.3 Å². The Hall–Kier alpha value is -2.40. The summed E-state index contributed by atoms with van der Waals surface area (Å²) in [5.41, 5.74) is 1.72. The van der Waals surface area contributed by atoms with Crippen LogP contribution >= 0.6 is 11.6 Å². The van der Waals surface area contributed by atoms with Crippen molar-refractivity contribution in [1.82, 2.24) is 5.32 Å². The minimum atomic E-state index is -0.658. The van der Waals surface area contributed by atoms with Crippen molar-refractivity contribution in [2.45, 2.75) is 32.9 Å². The van der Waals surface area contributed by atoms with Crippen molar-refractivity contribution in [2.75, 3.05) is 14.2 Å². The van der Waals surface area contributed by atoms with Crippen LogP contribution in [0.2, 0.25) is 5.02 Å². The van der Waals surface area contributed by atoms with Crippen molar-refractivity contribution in [3.8, 4) is 17.2 Å². The Kier molecular flexibility index (Phi) is 6.75. The first-order valence-electron chi connectivity index (χ1n) is 8.30. The van der Waals surface area contributed by atoms with Crippen molar-refractivity contribution < 1.29 is 19.0 Å². The van der Waals surface area contributed by atoms with Crippen molar-refractivity contribution in [2.24, 2.45) is 0 Å². The van der Waals surface area contributed by atoms with Gasteiger partial charge in [-0.05, 0) is 62.7 Å². The fourth-order valence-electron chi connectivity index (χ4n) is 2.53. The van der Waals surface area contributed by atoms with Crippen LogP contribution in [-0.4, -0.2) is 26.2 Å². The second-order valence-corrected chi connectivity index (χ2v) is 6.42.